The summed E-state index contributed by atoms with van der Waals surface area (Å²) in [6, 6.07) is 0. The summed E-state index contributed by atoms with van der Waals surface area (Å²) in [5, 5.41) is 4.62. The Hall–Kier alpha value is -2.15. The van der Waals surface area contributed by atoms with Crippen LogP contribution in [0.3, 0.4) is 0 Å². The van der Waals surface area contributed by atoms with Gasteiger partial charge in [0.15, 0.2) is 5.82 Å². The molecule has 0 saturated carbocycles. The van der Waals surface area contributed by atoms with Crippen LogP contribution in [-0.4, -0.2) is 49.0 Å². The molecule has 128 valence electrons. The predicted octanol–water partition coefficient (Wildman–Crippen LogP) is 1.78. The number of aromatic nitrogens is 4. The Morgan fingerprint density at radius 1 is 1.42 bits per heavy atom. The molecule has 0 radical (unpaired) electrons. The van der Waals surface area contributed by atoms with Crippen molar-refractivity contribution in [2.45, 2.75) is 25.8 Å². The van der Waals surface area contributed by atoms with Gasteiger partial charge >= 0.3 is 0 Å². The van der Waals surface area contributed by atoms with E-state index in [4.69, 9.17) is 11.6 Å². The maximum Gasteiger partial charge on any atom is 0.224 e. The van der Waals surface area contributed by atoms with Crippen LogP contribution in [0.15, 0.2) is 24.8 Å². The summed E-state index contributed by atoms with van der Waals surface area (Å²) in [5.74, 6) is 0.334. The van der Waals surface area contributed by atoms with Gasteiger partial charge in [0.2, 0.25) is 11.7 Å². The molecule has 8 heteroatoms. The first kappa shape index (κ1) is 16.7. The van der Waals surface area contributed by atoms with Gasteiger partial charge in [0.25, 0.3) is 0 Å². The Balaban J connectivity index is 1.57. The lowest BCUT2D eigenvalue weighted by atomic mass is 9.93. The highest BCUT2D eigenvalue weighted by Gasteiger charge is 2.30. The summed E-state index contributed by atoms with van der Waals surface area (Å²) < 4.78 is 3.38. The Morgan fingerprint density at radius 2 is 2.25 bits per heavy atom. The van der Waals surface area contributed by atoms with Crippen LogP contribution in [0.4, 0.5) is 0 Å². The summed E-state index contributed by atoms with van der Waals surface area (Å²) >= 11 is 5.82. The van der Waals surface area contributed by atoms with Crippen molar-refractivity contribution >= 4 is 23.3 Å². The molecular weight excluding hydrogens is 330 g/mol. The molecule has 7 nitrogen and oxygen atoms in total. The number of carbonyl (C=O) groups is 2. The molecule has 24 heavy (non-hydrogen) atoms. The van der Waals surface area contributed by atoms with Crippen LogP contribution >= 0.6 is 11.6 Å². The zero-order valence-corrected chi connectivity index (χ0v) is 14.3. The topological polar surface area (TPSA) is 73.0 Å². The van der Waals surface area contributed by atoms with Crippen molar-refractivity contribution in [1.29, 1.82) is 0 Å². The van der Waals surface area contributed by atoms with E-state index in [2.05, 4.69) is 10.1 Å². The SMILES string of the molecule is Cn1ccnc1C(=O)[C@@H]1CCCN(C(=O)CCn2cc(Cl)cn2)C1. The van der Waals surface area contributed by atoms with Crippen LogP contribution in [-0.2, 0) is 18.4 Å². The minimum absolute atomic E-state index is 0.0128. The van der Waals surface area contributed by atoms with E-state index in [-0.39, 0.29) is 17.6 Å². The number of piperidine rings is 1. The zero-order chi connectivity index (χ0) is 17.1. The average molecular weight is 350 g/mol. The van der Waals surface area contributed by atoms with Crippen LogP contribution in [0.2, 0.25) is 5.02 Å². The number of amides is 1. The molecular formula is C16H20ClN5O2. The number of hydrogen-bond donors (Lipinski definition) is 0. The monoisotopic (exact) mass is 349 g/mol. The molecule has 0 spiro atoms. The molecule has 0 aliphatic carbocycles. The number of likely N-dealkylation sites (tertiary alicyclic amines) is 1. The fraction of sp³-hybridized carbons (Fsp3) is 0.500. The van der Waals surface area contributed by atoms with Gasteiger partial charge in [-0.2, -0.15) is 5.10 Å². The third-order valence-electron chi connectivity index (χ3n) is 4.34. The number of rotatable bonds is 5. The van der Waals surface area contributed by atoms with Crippen LogP contribution in [0.5, 0.6) is 0 Å². The number of Topliss-reactive ketones (excluding diaryl/α,β-unsaturated/α-hetero) is 1. The molecule has 1 fully saturated rings. The highest BCUT2D eigenvalue weighted by Crippen LogP contribution is 2.21. The lowest BCUT2D eigenvalue weighted by molar-refractivity contribution is -0.132. The standard InChI is InChI=1S/C16H20ClN5O2/c1-20-8-5-18-16(20)15(24)12-3-2-6-21(10-12)14(23)4-7-22-11-13(17)9-19-22/h5,8-9,11-12H,2-4,6-7,10H2,1H3/t12-/m1/s1. The molecule has 0 unspecified atom stereocenters. The fourth-order valence-corrected chi connectivity index (χ4v) is 3.19. The minimum atomic E-state index is -0.178. The first-order valence-electron chi connectivity index (χ1n) is 8.02. The first-order chi connectivity index (χ1) is 11.5. The summed E-state index contributed by atoms with van der Waals surface area (Å²) in [5.41, 5.74) is 0. The lowest BCUT2D eigenvalue weighted by Gasteiger charge is -2.32. The third-order valence-corrected chi connectivity index (χ3v) is 4.54. The van der Waals surface area contributed by atoms with Crippen LogP contribution < -0.4 is 0 Å². The molecule has 2 aromatic rings. The number of hydrogen-bond acceptors (Lipinski definition) is 4. The van der Waals surface area contributed by atoms with Gasteiger partial charge < -0.3 is 9.47 Å². The van der Waals surface area contributed by atoms with Crippen LogP contribution in [0, 0.1) is 5.92 Å². The van der Waals surface area contributed by atoms with E-state index < -0.39 is 0 Å². The highest BCUT2D eigenvalue weighted by molar-refractivity contribution is 6.30. The second-order valence-corrected chi connectivity index (χ2v) is 6.51. The van der Waals surface area contributed by atoms with Crippen molar-refractivity contribution in [1.82, 2.24) is 24.2 Å². The minimum Gasteiger partial charge on any atom is -0.342 e. The van der Waals surface area contributed by atoms with E-state index >= 15 is 0 Å². The van der Waals surface area contributed by atoms with Gasteiger partial charge in [0.05, 0.1) is 11.2 Å². The van der Waals surface area contributed by atoms with Gasteiger partial charge in [0, 0.05) is 57.6 Å². The number of carbonyl (C=O) groups excluding carboxylic acids is 2. The van der Waals surface area contributed by atoms with Crippen molar-refractivity contribution in [2.24, 2.45) is 13.0 Å². The quantitative estimate of drug-likeness (QED) is 0.771. The summed E-state index contributed by atoms with van der Waals surface area (Å²) in [7, 11) is 1.81. The molecule has 1 aliphatic heterocycles. The van der Waals surface area contributed by atoms with E-state index in [0.29, 0.717) is 36.9 Å². The molecule has 1 saturated heterocycles. The van der Waals surface area contributed by atoms with E-state index in [1.807, 2.05) is 0 Å². The average Bonchev–Trinajstić information content (AvgIpc) is 3.20. The molecule has 3 heterocycles. The Kier molecular flexibility index (Phi) is 4.99. The van der Waals surface area contributed by atoms with E-state index in [9.17, 15) is 9.59 Å². The lowest BCUT2D eigenvalue weighted by Crippen LogP contribution is -2.43. The second kappa shape index (κ2) is 7.17. The smallest absolute Gasteiger partial charge is 0.224 e. The van der Waals surface area contributed by atoms with Crippen molar-refractivity contribution in [3.05, 3.63) is 35.6 Å². The Bertz CT molecular complexity index is 738. The molecule has 0 bridgehead atoms. The fourth-order valence-electron chi connectivity index (χ4n) is 3.03. The van der Waals surface area contributed by atoms with E-state index in [1.165, 1.54) is 0 Å². The van der Waals surface area contributed by atoms with Gasteiger partial charge in [0.1, 0.15) is 0 Å². The number of imidazole rings is 1. The van der Waals surface area contributed by atoms with Gasteiger partial charge in [-0.1, -0.05) is 11.6 Å². The molecule has 1 aliphatic rings. The summed E-state index contributed by atoms with van der Waals surface area (Å²) in [6.45, 7) is 1.65. The number of halogens is 1. The maximum atomic E-state index is 12.6. The van der Waals surface area contributed by atoms with Gasteiger partial charge in [-0.25, -0.2) is 4.98 Å². The largest absolute Gasteiger partial charge is 0.342 e. The van der Waals surface area contributed by atoms with E-state index in [0.717, 1.165) is 12.8 Å². The third kappa shape index (κ3) is 3.67. The van der Waals surface area contributed by atoms with Crippen molar-refractivity contribution in [3.8, 4) is 0 Å². The first-order valence-corrected chi connectivity index (χ1v) is 8.39. The maximum absolute atomic E-state index is 12.6. The predicted molar refractivity (Wildman–Crippen MR) is 88.7 cm³/mol. The van der Waals surface area contributed by atoms with Gasteiger partial charge in [-0.15, -0.1) is 0 Å². The van der Waals surface area contributed by atoms with Gasteiger partial charge in [-0.05, 0) is 12.8 Å². The Morgan fingerprint density at radius 3 is 2.92 bits per heavy atom. The molecule has 0 aromatic carbocycles. The van der Waals surface area contributed by atoms with Crippen molar-refractivity contribution in [3.63, 3.8) is 0 Å². The molecule has 1 atom stereocenters. The number of ketones is 1. The molecule has 3 rings (SSSR count). The van der Waals surface area contributed by atoms with Gasteiger partial charge in [-0.3, -0.25) is 14.3 Å². The Labute approximate surface area is 145 Å². The highest BCUT2D eigenvalue weighted by atomic mass is 35.5. The van der Waals surface area contributed by atoms with Crippen LogP contribution in [0.1, 0.15) is 29.9 Å². The second-order valence-electron chi connectivity index (χ2n) is 6.08. The summed E-state index contributed by atoms with van der Waals surface area (Å²) in [6.07, 6.45) is 8.60. The van der Waals surface area contributed by atoms with Crippen molar-refractivity contribution in [2.75, 3.05) is 13.1 Å². The number of nitrogens with zero attached hydrogens (tertiary/aromatic N) is 5. The molecule has 2 aromatic heterocycles. The number of aryl methyl sites for hydroxylation is 2. The van der Waals surface area contributed by atoms with Crippen LogP contribution in [0.25, 0.3) is 0 Å². The molecule has 0 N–H and O–H groups in total. The summed E-state index contributed by atoms with van der Waals surface area (Å²) in [4.78, 5) is 30.9. The molecule has 1 amide bonds. The normalized spacial score (nSPS) is 17.9. The van der Waals surface area contributed by atoms with E-state index in [1.54, 1.807) is 46.0 Å². The van der Waals surface area contributed by atoms with Crippen molar-refractivity contribution < 1.29 is 9.59 Å². The zero-order valence-electron chi connectivity index (χ0n) is 13.6.